The molecule has 0 fully saturated rings. The summed E-state index contributed by atoms with van der Waals surface area (Å²) in [6.45, 7) is 15.6. The monoisotopic (exact) mass is 551 g/mol. The molecule has 0 spiro atoms. The molecule has 1 aromatic carbocycles. The second-order valence-corrected chi connectivity index (χ2v) is 13.1. The highest BCUT2D eigenvalue weighted by Crippen LogP contribution is 2.44. The van der Waals surface area contributed by atoms with E-state index in [9.17, 15) is 10.1 Å². The number of nitriles is 1. The number of carbonyl (C=O) groups is 1. The first kappa shape index (κ1) is 28.2. The number of anilines is 1. The van der Waals surface area contributed by atoms with Gasteiger partial charge in [0.2, 0.25) is 5.91 Å². The predicted molar refractivity (Wildman–Crippen MR) is 154 cm³/mol. The van der Waals surface area contributed by atoms with Crippen LogP contribution in [0.1, 0.15) is 80.1 Å². The number of thiophene rings is 1. The molecular formula is C29H37N5O2S2. The number of amides is 1. The van der Waals surface area contributed by atoms with Crippen molar-refractivity contribution in [2.24, 2.45) is 11.3 Å². The van der Waals surface area contributed by atoms with E-state index >= 15 is 0 Å². The Morgan fingerprint density at radius 3 is 2.79 bits per heavy atom. The van der Waals surface area contributed by atoms with Crippen LogP contribution in [0, 0.1) is 36.5 Å². The van der Waals surface area contributed by atoms with Crippen molar-refractivity contribution >= 4 is 34.0 Å². The van der Waals surface area contributed by atoms with Crippen LogP contribution >= 0.6 is 23.1 Å². The van der Waals surface area contributed by atoms with Crippen LogP contribution in [0.3, 0.4) is 0 Å². The van der Waals surface area contributed by atoms with Crippen LogP contribution in [0.4, 0.5) is 5.00 Å². The Hall–Kier alpha value is -2.83. The summed E-state index contributed by atoms with van der Waals surface area (Å²) in [7, 11) is 0. The maximum Gasteiger partial charge on any atom is 0.235 e. The Balaban J connectivity index is 1.42. The van der Waals surface area contributed by atoms with Crippen molar-refractivity contribution in [3.63, 3.8) is 0 Å². The molecule has 0 saturated carbocycles. The highest BCUT2D eigenvalue weighted by atomic mass is 32.2. The summed E-state index contributed by atoms with van der Waals surface area (Å²) in [5.41, 5.74) is 4.26. The maximum atomic E-state index is 12.9. The van der Waals surface area contributed by atoms with Gasteiger partial charge in [-0.15, -0.1) is 21.5 Å². The number of thioether (sulfide) groups is 1. The van der Waals surface area contributed by atoms with E-state index < -0.39 is 0 Å². The van der Waals surface area contributed by atoms with Crippen molar-refractivity contribution in [3.05, 3.63) is 51.2 Å². The van der Waals surface area contributed by atoms with Crippen molar-refractivity contribution < 1.29 is 9.53 Å². The minimum Gasteiger partial charge on any atom is -0.482 e. The maximum absolute atomic E-state index is 12.9. The minimum atomic E-state index is -0.293. The molecule has 7 nitrogen and oxygen atoms in total. The average Bonchev–Trinajstić information content (AvgIpc) is 3.44. The second kappa shape index (κ2) is 11.5. The van der Waals surface area contributed by atoms with E-state index in [1.54, 1.807) is 11.3 Å². The summed E-state index contributed by atoms with van der Waals surface area (Å²) >= 11 is 2.91. The molecule has 1 aliphatic rings. The number of hydrogen-bond donors (Lipinski definition) is 1. The highest BCUT2D eigenvalue weighted by molar-refractivity contribution is 7.99. The van der Waals surface area contributed by atoms with Gasteiger partial charge in [-0.2, -0.15) is 5.26 Å². The largest absolute Gasteiger partial charge is 0.482 e. The SMILES string of the molecule is CCn1c(SCC(=O)Nc2sc3c(c2C#N)CC[C@@H](C(C)(C)C)C3)nnc1[C@H](C)Oc1cccc(C)c1C. The Labute approximate surface area is 234 Å². The third-order valence-electron chi connectivity index (χ3n) is 7.47. The number of aryl methyl sites for hydroxylation is 1. The third-order valence-corrected chi connectivity index (χ3v) is 9.61. The lowest BCUT2D eigenvalue weighted by Gasteiger charge is -2.33. The van der Waals surface area contributed by atoms with Crippen LogP contribution < -0.4 is 10.1 Å². The van der Waals surface area contributed by atoms with E-state index in [1.165, 1.54) is 22.2 Å². The van der Waals surface area contributed by atoms with Gasteiger partial charge in [0, 0.05) is 11.4 Å². The molecule has 1 amide bonds. The Bertz CT molecular complexity index is 1360. The van der Waals surface area contributed by atoms with E-state index in [0.29, 0.717) is 28.2 Å². The lowest BCUT2D eigenvalue weighted by atomic mass is 9.72. The third kappa shape index (κ3) is 5.92. The zero-order chi connectivity index (χ0) is 27.6. The smallest absolute Gasteiger partial charge is 0.235 e. The molecule has 0 saturated heterocycles. The van der Waals surface area contributed by atoms with Crippen molar-refractivity contribution in [2.45, 2.75) is 85.5 Å². The molecule has 1 N–H and O–H groups in total. The summed E-state index contributed by atoms with van der Waals surface area (Å²) in [4.78, 5) is 14.2. The number of rotatable bonds is 8. The first-order valence-corrected chi connectivity index (χ1v) is 15.0. The Kier molecular flexibility index (Phi) is 8.53. The number of ether oxygens (including phenoxy) is 1. The molecule has 0 aliphatic heterocycles. The van der Waals surface area contributed by atoms with E-state index in [4.69, 9.17) is 4.74 Å². The lowest BCUT2D eigenvalue weighted by molar-refractivity contribution is -0.113. The van der Waals surface area contributed by atoms with Crippen molar-refractivity contribution in [1.82, 2.24) is 14.8 Å². The van der Waals surface area contributed by atoms with Gasteiger partial charge in [-0.05, 0) is 81.0 Å². The molecule has 2 heterocycles. The topological polar surface area (TPSA) is 92.8 Å². The van der Waals surface area contributed by atoms with Gasteiger partial charge in [0.1, 0.15) is 16.8 Å². The number of aromatic nitrogens is 3. The van der Waals surface area contributed by atoms with E-state index in [0.717, 1.165) is 42.0 Å². The normalized spacial score (nSPS) is 16.0. The van der Waals surface area contributed by atoms with Gasteiger partial charge in [-0.3, -0.25) is 4.79 Å². The second-order valence-electron chi connectivity index (χ2n) is 11.0. The molecule has 0 bridgehead atoms. The Morgan fingerprint density at radius 2 is 2.11 bits per heavy atom. The van der Waals surface area contributed by atoms with E-state index in [1.807, 2.05) is 37.5 Å². The van der Waals surface area contributed by atoms with Crippen LogP contribution in [0.5, 0.6) is 5.75 Å². The summed E-state index contributed by atoms with van der Waals surface area (Å²) in [6.07, 6.45) is 2.64. The first-order valence-electron chi connectivity index (χ1n) is 13.2. The van der Waals surface area contributed by atoms with Gasteiger partial charge in [-0.1, -0.05) is 44.7 Å². The van der Waals surface area contributed by atoms with Crippen LogP contribution in [0.2, 0.25) is 0 Å². The molecule has 2 aromatic heterocycles. The fourth-order valence-corrected chi connectivity index (χ4v) is 7.03. The Morgan fingerprint density at radius 1 is 1.34 bits per heavy atom. The van der Waals surface area contributed by atoms with Crippen LogP contribution in [0.25, 0.3) is 0 Å². The number of nitrogens with one attached hydrogen (secondary N) is 1. The number of hydrogen-bond acceptors (Lipinski definition) is 7. The van der Waals surface area contributed by atoms with E-state index in [2.05, 4.69) is 55.3 Å². The molecule has 4 rings (SSSR count). The molecule has 38 heavy (non-hydrogen) atoms. The van der Waals surface area contributed by atoms with Crippen LogP contribution in [0.15, 0.2) is 23.4 Å². The lowest BCUT2D eigenvalue weighted by Crippen LogP contribution is -2.26. The molecule has 202 valence electrons. The van der Waals surface area contributed by atoms with Gasteiger partial charge >= 0.3 is 0 Å². The molecule has 9 heteroatoms. The molecule has 1 aliphatic carbocycles. The molecule has 0 unspecified atom stereocenters. The molecule has 2 atom stereocenters. The van der Waals surface area contributed by atoms with Crippen molar-refractivity contribution in [3.8, 4) is 11.8 Å². The predicted octanol–water partition coefficient (Wildman–Crippen LogP) is 6.87. The zero-order valence-corrected chi connectivity index (χ0v) is 25.0. The number of fused-ring (bicyclic) bond motifs is 1. The van der Waals surface area contributed by atoms with E-state index in [-0.39, 0.29) is 23.2 Å². The molecule has 0 radical (unpaired) electrons. The molecular weight excluding hydrogens is 514 g/mol. The fourth-order valence-electron chi connectivity index (χ4n) is 4.92. The number of benzene rings is 1. The van der Waals surface area contributed by atoms with Crippen molar-refractivity contribution in [2.75, 3.05) is 11.1 Å². The van der Waals surface area contributed by atoms with Crippen LogP contribution in [-0.2, 0) is 24.2 Å². The molecule has 3 aromatic rings. The van der Waals surface area contributed by atoms with Gasteiger partial charge in [-0.25, -0.2) is 0 Å². The van der Waals surface area contributed by atoms with Gasteiger partial charge in [0.15, 0.2) is 17.1 Å². The highest BCUT2D eigenvalue weighted by Gasteiger charge is 2.32. The van der Waals surface area contributed by atoms with Gasteiger partial charge < -0.3 is 14.6 Å². The zero-order valence-electron chi connectivity index (χ0n) is 23.3. The summed E-state index contributed by atoms with van der Waals surface area (Å²) in [5, 5.41) is 22.9. The summed E-state index contributed by atoms with van der Waals surface area (Å²) in [5.74, 6) is 2.17. The number of nitrogens with zero attached hydrogens (tertiary/aromatic N) is 4. The number of carbonyl (C=O) groups excluding carboxylic acids is 1. The van der Waals surface area contributed by atoms with Crippen LogP contribution in [-0.4, -0.2) is 26.4 Å². The summed E-state index contributed by atoms with van der Waals surface area (Å²) < 4.78 is 8.22. The quantitative estimate of drug-likeness (QED) is 0.307. The summed E-state index contributed by atoms with van der Waals surface area (Å²) in [6, 6.07) is 8.36. The van der Waals surface area contributed by atoms with Gasteiger partial charge in [0.05, 0.1) is 11.3 Å². The van der Waals surface area contributed by atoms with Crippen molar-refractivity contribution in [1.29, 1.82) is 5.26 Å². The first-order chi connectivity index (χ1) is 18.0. The fraction of sp³-hybridized carbons (Fsp3) is 0.517. The minimum absolute atomic E-state index is 0.149. The average molecular weight is 552 g/mol. The van der Waals surface area contributed by atoms with Gasteiger partial charge in [0.25, 0.3) is 0 Å². The standard InChI is InChI=1S/C29H37N5O2S2/c1-8-34-26(19(4)36-23-11-9-10-17(2)18(23)3)32-33-28(34)37-16-25(35)31-27-22(15-30)21-13-12-20(29(5,6)7)14-24(21)38-27/h9-11,19-20H,8,12-14,16H2,1-7H3,(H,31,35)/t19-,20+/m0/s1.